The second-order valence-corrected chi connectivity index (χ2v) is 3.42. The van der Waals surface area contributed by atoms with Gasteiger partial charge < -0.3 is 4.90 Å². The molecule has 0 saturated heterocycles. The molecule has 1 heterocycles. The Balaban J connectivity index is 2.70. The third kappa shape index (κ3) is 2.49. The zero-order valence-electron chi connectivity index (χ0n) is 9.72. The average molecular weight is 210 g/mol. The van der Waals surface area contributed by atoms with Gasteiger partial charge in [-0.1, -0.05) is 0 Å². The molecule has 2 amide bonds. The van der Waals surface area contributed by atoms with E-state index in [0.29, 0.717) is 18.9 Å². The molecule has 2 N–H and O–H groups in total. The quantitative estimate of drug-likeness (QED) is 0.800. The number of H-pyrrole nitrogens is 1. The van der Waals surface area contributed by atoms with Gasteiger partial charge in [0.05, 0.1) is 0 Å². The number of nitrogens with zero attached hydrogens (tertiary/aromatic N) is 2. The summed E-state index contributed by atoms with van der Waals surface area (Å²) in [6, 6.07) is -0.102. The van der Waals surface area contributed by atoms with Gasteiger partial charge in [0.15, 0.2) is 5.82 Å². The van der Waals surface area contributed by atoms with Gasteiger partial charge in [-0.2, -0.15) is 5.10 Å². The van der Waals surface area contributed by atoms with Crippen molar-refractivity contribution in [2.45, 2.75) is 27.7 Å². The molecule has 0 aliphatic rings. The molecule has 0 aliphatic heterocycles. The lowest BCUT2D eigenvalue weighted by atomic mass is 10.3. The van der Waals surface area contributed by atoms with Crippen LogP contribution in [0.15, 0.2) is 0 Å². The van der Waals surface area contributed by atoms with Crippen LogP contribution in [0.3, 0.4) is 0 Å². The molecule has 15 heavy (non-hydrogen) atoms. The molecule has 1 rings (SSSR count). The van der Waals surface area contributed by atoms with Crippen LogP contribution in [0.2, 0.25) is 0 Å². The molecule has 0 bridgehead atoms. The van der Waals surface area contributed by atoms with E-state index < -0.39 is 0 Å². The monoisotopic (exact) mass is 210 g/mol. The summed E-state index contributed by atoms with van der Waals surface area (Å²) in [6.45, 7) is 9.15. The van der Waals surface area contributed by atoms with Crippen molar-refractivity contribution in [2.24, 2.45) is 0 Å². The SMILES string of the molecule is CCN(CC)C(=O)Nc1n[nH]c(C)c1C. The van der Waals surface area contributed by atoms with E-state index in [1.54, 1.807) is 4.90 Å². The number of amides is 2. The van der Waals surface area contributed by atoms with Gasteiger partial charge in [-0.15, -0.1) is 0 Å². The van der Waals surface area contributed by atoms with E-state index in [-0.39, 0.29) is 6.03 Å². The van der Waals surface area contributed by atoms with Crippen molar-refractivity contribution in [3.63, 3.8) is 0 Å². The Hall–Kier alpha value is -1.52. The summed E-state index contributed by atoms with van der Waals surface area (Å²) in [5, 5.41) is 9.63. The Morgan fingerprint density at radius 3 is 2.40 bits per heavy atom. The molecule has 5 nitrogen and oxygen atoms in total. The zero-order valence-corrected chi connectivity index (χ0v) is 9.72. The fraction of sp³-hybridized carbons (Fsp3) is 0.600. The second kappa shape index (κ2) is 4.82. The average Bonchev–Trinajstić information content (AvgIpc) is 2.52. The maximum Gasteiger partial charge on any atom is 0.323 e. The smallest absolute Gasteiger partial charge is 0.323 e. The van der Waals surface area contributed by atoms with Gasteiger partial charge >= 0.3 is 6.03 Å². The number of urea groups is 1. The number of anilines is 1. The van der Waals surface area contributed by atoms with Crippen molar-refractivity contribution >= 4 is 11.8 Å². The second-order valence-electron chi connectivity index (χ2n) is 3.42. The van der Waals surface area contributed by atoms with Gasteiger partial charge in [-0.3, -0.25) is 10.4 Å². The lowest BCUT2D eigenvalue weighted by Crippen LogP contribution is -2.34. The highest BCUT2D eigenvalue weighted by atomic mass is 16.2. The molecule has 0 atom stereocenters. The minimum atomic E-state index is -0.102. The highest BCUT2D eigenvalue weighted by molar-refractivity contribution is 5.89. The van der Waals surface area contributed by atoms with Crippen LogP contribution in [0, 0.1) is 13.8 Å². The number of aromatic amines is 1. The number of carbonyl (C=O) groups excluding carboxylic acids is 1. The summed E-state index contributed by atoms with van der Waals surface area (Å²) < 4.78 is 0. The first-order valence-corrected chi connectivity index (χ1v) is 5.17. The van der Waals surface area contributed by atoms with E-state index in [0.717, 1.165) is 11.3 Å². The first kappa shape index (κ1) is 11.6. The van der Waals surface area contributed by atoms with Crippen LogP contribution in [0.1, 0.15) is 25.1 Å². The van der Waals surface area contributed by atoms with Crippen LogP contribution in [-0.4, -0.2) is 34.2 Å². The molecule has 5 heteroatoms. The Labute approximate surface area is 89.9 Å². The van der Waals surface area contributed by atoms with Crippen LogP contribution in [0.4, 0.5) is 10.6 Å². The van der Waals surface area contributed by atoms with Gasteiger partial charge in [0.2, 0.25) is 0 Å². The zero-order chi connectivity index (χ0) is 11.4. The molecular weight excluding hydrogens is 192 g/mol. The van der Waals surface area contributed by atoms with Crippen molar-refractivity contribution in [2.75, 3.05) is 18.4 Å². The highest BCUT2D eigenvalue weighted by Crippen LogP contribution is 2.14. The van der Waals surface area contributed by atoms with Crippen molar-refractivity contribution in [3.05, 3.63) is 11.3 Å². The van der Waals surface area contributed by atoms with Crippen LogP contribution >= 0.6 is 0 Å². The molecule has 0 fully saturated rings. The Kier molecular flexibility index (Phi) is 3.71. The molecular formula is C10H18N4O. The maximum atomic E-state index is 11.7. The van der Waals surface area contributed by atoms with Crippen LogP contribution in [0.5, 0.6) is 0 Å². The molecule has 0 saturated carbocycles. The van der Waals surface area contributed by atoms with Crippen LogP contribution in [-0.2, 0) is 0 Å². The minimum absolute atomic E-state index is 0.102. The fourth-order valence-corrected chi connectivity index (χ4v) is 1.30. The summed E-state index contributed by atoms with van der Waals surface area (Å²) >= 11 is 0. The van der Waals surface area contributed by atoms with E-state index >= 15 is 0 Å². The maximum absolute atomic E-state index is 11.7. The number of rotatable bonds is 3. The Morgan fingerprint density at radius 1 is 1.40 bits per heavy atom. The standard InChI is InChI=1S/C10H18N4O/c1-5-14(6-2)10(15)11-9-7(3)8(4)12-13-9/h5-6H2,1-4H3,(H2,11,12,13,15). The molecule has 0 aromatic carbocycles. The topological polar surface area (TPSA) is 61.0 Å². The van der Waals surface area contributed by atoms with E-state index in [9.17, 15) is 4.79 Å². The summed E-state index contributed by atoms with van der Waals surface area (Å²) in [6.07, 6.45) is 0. The third-order valence-electron chi connectivity index (χ3n) is 2.53. The van der Waals surface area contributed by atoms with E-state index in [2.05, 4.69) is 15.5 Å². The summed E-state index contributed by atoms with van der Waals surface area (Å²) in [4.78, 5) is 13.4. The van der Waals surface area contributed by atoms with E-state index in [4.69, 9.17) is 0 Å². The number of hydrogen-bond acceptors (Lipinski definition) is 2. The minimum Gasteiger partial charge on any atom is -0.325 e. The lowest BCUT2D eigenvalue weighted by molar-refractivity contribution is 0.217. The number of aryl methyl sites for hydroxylation is 1. The predicted octanol–water partition coefficient (Wildman–Crippen LogP) is 1.90. The normalized spacial score (nSPS) is 10.1. The molecule has 0 radical (unpaired) electrons. The molecule has 1 aromatic rings. The molecule has 0 aliphatic carbocycles. The van der Waals surface area contributed by atoms with E-state index in [1.807, 2.05) is 27.7 Å². The first-order chi connectivity index (χ1) is 7.10. The lowest BCUT2D eigenvalue weighted by Gasteiger charge is -2.18. The number of aromatic nitrogens is 2. The summed E-state index contributed by atoms with van der Waals surface area (Å²) in [5.41, 5.74) is 1.96. The van der Waals surface area contributed by atoms with Crippen molar-refractivity contribution in [3.8, 4) is 0 Å². The van der Waals surface area contributed by atoms with Gasteiger partial charge in [-0.05, 0) is 27.7 Å². The Morgan fingerprint density at radius 2 is 2.00 bits per heavy atom. The third-order valence-corrected chi connectivity index (χ3v) is 2.53. The van der Waals surface area contributed by atoms with Crippen LogP contribution in [0.25, 0.3) is 0 Å². The van der Waals surface area contributed by atoms with Gasteiger partial charge in [0.25, 0.3) is 0 Å². The Bertz CT molecular complexity index is 341. The first-order valence-electron chi connectivity index (χ1n) is 5.17. The van der Waals surface area contributed by atoms with E-state index in [1.165, 1.54) is 0 Å². The van der Waals surface area contributed by atoms with Crippen molar-refractivity contribution in [1.29, 1.82) is 0 Å². The fourth-order valence-electron chi connectivity index (χ4n) is 1.30. The molecule has 0 spiro atoms. The summed E-state index contributed by atoms with van der Waals surface area (Å²) in [5.74, 6) is 0.615. The van der Waals surface area contributed by atoms with Gasteiger partial charge in [0.1, 0.15) is 0 Å². The molecule has 84 valence electrons. The largest absolute Gasteiger partial charge is 0.325 e. The van der Waals surface area contributed by atoms with Crippen LogP contribution < -0.4 is 5.32 Å². The number of carbonyl (C=O) groups is 1. The van der Waals surface area contributed by atoms with Gasteiger partial charge in [-0.25, -0.2) is 4.79 Å². The molecule has 0 unspecified atom stereocenters. The van der Waals surface area contributed by atoms with Crippen molar-refractivity contribution in [1.82, 2.24) is 15.1 Å². The highest BCUT2D eigenvalue weighted by Gasteiger charge is 2.13. The van der Waals surface area contributed by atoms with Crippen molar-refractivity contribution < 1.29 is 4.79 Å². The van der Waals surface area contributed by atoms with Gasteiger partial charge in [0, 0.05) is 24.3 Å². The number of hydrogen-bond donors (Lipinski definition) is 2. The predicted molar refractivity (Wildman–Crippen MR) is 60.0 cm³/mol. The summed E-state index contributed by atoms with van der Waals surface area (Å²) in [7, 11) is 0. The molecule has 1 aromatic heterocycles. The number of nitrogens with one attached hydrogen (secondary N) is 2.